The quantitative estimate of drug-likeness (QED) is 0.693. The molecule has 0 aliphatic heterocycles. The standard InChI is InChI=1S/C17H15NO/c1-2-12-8-9-16-14(10-12)15(11-19)17(18-16)13-6-4-3-5-7-13/h3-11,18H,2H2,1H3. The van der Waals surface area contributed by atoms with Crippen LogP contribution in [0.3, 0.4) is 0 Å². The van der Waals surface area contributed by atoms with Crippen molar-refractivity contribution in [3.05, 3.63) is 59.7 Å². The van der Waals surface area contributed by atoms with Crippen LogP contribution in [-0.2, 0) is 6.42 Å². The number of carbonyl (C=O) groups excluding carboxylic acids is 1. The molecule has 0 aliphatic carbocycles. The van der Waals surface area contributed by atoms with Gasteiger partial charge < -0.3 is 4.98 Å². The number of aryl methyl sites for hydroxylation is 1. The van der Waals surface area contributed by atoms with Crippen molar-refractivity contribution in [3.63, 3.8) is 0 Å². The lowest BCUT2D eigenvalue weighted by atomic mass is 10.0. The zero-order chi connectivity index (χ0) is 13.2. The van der Waals surface area contributed by atoms with Crippen LogP contribution in [0.15, 0.2) is 48.5 Å². The molecule has 0 radical (unpaired) electrons. The van der Waals surface area contributed by atoms with Crippen LogP contribution in [0.2, 0.25) is 0 Å². The van der Waals surface area contributed by atoms with Crippen LogP contribution in [0.4, 0.5) is 0 Å². The average Bonchev–Trinajstić information content (AvgIpc) is 2.85. The largest absolute Gasteiger partial charge is 0.354 e. The Hall–Kier alpha value is -2.35. The summed E-state index contributed by atoms with van der Waals surface area (Å²) in [6.45, 7) is 2.12. The maximum absolute atomic E-state index is 11.5. The molecule has 3 aromatic rings. The van der Waals surface area contributed by atoms with E-state index in [9.17, 15) is 4.79 Å². The second kappa shape index (κ2) is 4.73. The molecule has 2 aromatic carbocycles. The Labute approximate surface area is 112 Å². The number of benzene rings is 2. The van der Waals surface area contributed by atoms with Crippen molar-refractivity contribution in [1.82, 2.24) is 4.98 Å². The highest BCUT2D eigenvalue weighted by atomic mass is 16.1. The van der Waals surface area contributed by atoms with Crippen LogP contribution in [0.1, 0.15) is 22.8 Å². The van der Waals surface area contributed by atoms with Crippen LogP contribution in [0, 0.1) is 0 Å². The van der Waals surface area contributed by atoms with E-state index in [1.807, 2.05) is 36.4 Å². The summed E-state index contributed by atoms with van der Waals surface area (Å²) in [5, 5.41) is 1.01. The Balaban J connectivity index is 2.29. The summed E-state index contributed by atoms with van der Waals surface area (Å²) in [4.78, 5) is 14.8. The zero-order valence-corrected chi connectivity index (χ0v) is 10.8. The molecule has 19 heavy (non-hydrogen) atoms. The van der Waals surface area contributed by atoms with E-state index in [0.29, 0.717) is 0 Å². The summed E-state index contributed by atoms with van der Waals surface area (Å²) in [5.41, 5.74) is 4.95. The minimum absolute atomic E-state index is 0.747. The highest BCUT2D eigenvalue weighted by Crippen LogP contribution is 2.29. The van der Waals surface area contributed by atoms with Crippen molar-refractivity contribution in [2.24, 2.45) is 0 Å². The Morgan fingerprint density at radius 3 is 2.58 bits per heavy atom. The number of H-pyrrole nitrogens is 1. The third-order valence-electron chi connectivity index (χ3n) is 3.49. The monoisotopic (exact) mass is 249 g/mol. The topological polar surface area (TPSA) is 32.9 Å². The fourth-order valence-electron chi connectivity index (χ4n) is 2.43. The van der Waals surface area contributed by atoms with Gasteiger partial charge in [-0.25, -0.2) is 0 Å². The molecule has 0 bridgehead atoms. The molecule has 1 aromatic heterocycles. The smallest absolute Gasteiger partial charge is 0.152 e. The maximum Gasteiger partial charge on any atom is 0.152 e. The Morgan fingerprint density at radius 1 is 1.11 bits per heavy atom. The number of rotatable bonds is 3. The highest BCUT2D eigenvalue weighted by Gasteiger charge is 2.12. The van der Waals surface area contributed by atoms with Gasteiger partial charge in [0.15, 0.2) is 6.29 Å². The van der Waals surface area contributed by atoms with Gasteiger partial charge >= 0.3 is 0 Å². The normalized spacial score (nSPS) is 10.8. The number of fused-ring (bicyclic) bond motifs is 1. The van der Waals surface area contributed by atoms with E-state index in [2.05, 4.69) is 24.0 Å². The van der Waals surface area contributed by atoms with E-state index in [4.69, 9.17) is 0 Å². The van der Waals surface area contributed by atoms with Crippen LogP contribution >= 0.6 is 0 Å². The van der Waals surface area contributed by atoms with Crippen molar-refractivity contribution in [1.29, 1.82) is 0 Å². The fraction of sp³-hybridized carbons (Fsp3) is 0.118. The molecule has 1 heterocycles. The van der Waals surface area contributed by atoms with Gasteiger partial charge in [0.25, 0.3) is 0 Å². The lowest BCUT2D eigenvalue weighted by molar-refractivity contribution is 0.112. The SMILES string of the molecule is CCc1ccc2[nH]c(-c3ccccc3)c(C=O)c2c1. The van der Waals surface area contributed by atoms with E-state index in [1.165, 1.54) is 5.56 Å². The van der Waals surface area contributed by atoms with Gasteiger partial charge in [0.2, 0.25) is 0 Å². The van der Waals surface area contributed by atoms with Gasteiger partial charge in [-0.15, -0.1) is 0 Å². The molecule has 0 saturated heterocycles. The van der Waals surface area contributed by atoms with E-state index in [1.54, 1.807) is 0 Å². The van der Waals surface area contributed by atoms with Crippen LogP contribution < -0.4 is 0 Å². The van der Waals surface area contributed by atoms with Crippen molar-refractivity contribution >= 4 is 17.2 Å². The minimum Gasteiger partial charge on any atom is -0.354 e. The van der Waals surface area contributed by atoms with E-state index >= 15 is 0 Å². The van der Waals surface area contributed by atoms with Gasteiger partial charge in [0.1, 0.15) is 0 Å². The predicted octanol–water partition coefficient (Wildman–Crippen LogP) is 4.21. The van der Waals surface area contributed by atoms with Crippen molar-refractivity contribution in [2.45, 2.75) is 13.3 Å². The molecular formula is C17H15NO. The van der Waals surface area contributed by atoms with Gasteiger partial charge in [-0.05, 0) is 29.7 Å². The summed E-state index contributed by atoms with van der Waals surface area (Å²) in [6.07, 6.45) is 1.92. The first-order valence-corrected chi connectivity index (χ1v) is 6.48. The molecule has 0 atom stereocenters. The number of hydrogen-bond donors (Lipinski definition) is 1. The summed E-state index contributed by atoms with van der Waals surface area (Å²) in [6, 6.07) is 16.2. The van der Waals surface area contributed by atoms with Crippen molar-refractivity contribution < 1.29 is 4.79 Å². The van der Waals surface area contributed by atoms with Gasteiger partial charge in [0, 0.05) is 16.5 Å². The average molecular weight is 249 g/mol. The number of aromatic amines is 1. The molecule has 3 rings (SSSR count). The molecule has 0 fully saturated rings. The molecular weight excluding hydrogens is 234 g/mol. The predicted molar refractivity (Wildman–Crippen MR) is 78.5 cm³/mol. The molecule has 0 spiro atoms. The van der Waals surface area contributed by atoms with Crippen LogP contribution in [0.25, 0.3) is 22.2 Å². The summed E-state index contributed by atoms with van der Waals surface area (Å²) in [5.74, 6) is 0. The molecule has 2 nitrogen and oxygen atoms in total. The number of hydrogen-bond acceptors (Lipinski definition) is 1. The first-order chi connectivity index (χ1) is 9.33. The summed E-state index contributed by atoms with van der Waals surface area (Å²) in [7, 11) is 0. The van der Waals surface area contributed by atoms with Gasteiger partial charge in [-0.2, -0.15) is 0 Å². The third-order valence-corrected chi connectivity index (χ3v) is 3.49. The zero-order valence-electron chi connectivity index (χ0n) is 10.8. The highest BCUT2D eigenvalue weighted by molar-refractivity contribution is 6.04. The van der Waals surface area contributed by atoms with Gasteiger partial charge in [0.05, 0.1) is 5.69 Å². The van der Waals surface area contributed by atoms with E-state index in [0.717, 1.165) is 40.4 Å². The first kappa shape index (κ1) is 11.7. The lowest BCUT2D eigenvalue weighted by Crippen LogP contribution is -1.84. The number of aldehydes is 1. The van der Waals surface area contributed by atoms with Crippen molar-refractivity contribution in [2.75, 3.05) is 0 Å². The first-order valence-electron chi connectivity index (χ1n) is 6.48. The molecule has 0 aliphatic rings. The Bertz CT molecular complexity index is 726. The fourth-order valence-corrected chi connectivity index (χ4v) is 2.43. The molecule has 2 heteroatoms. The number of aromatic nitrogens is 1. The van der Waals surface area contributed by atoms with E-state index < -0.39 is 0 Å². The second-order valence-corrected chi connectivity index (χ2v) is 4.63. The molecule has 0 unspecified atom stereocenters. The van der Waals surface area contributed by atoms with Crippen LogP contribution in [0.5, 0.6) is 0 Å². The van der Waals surface area contributed by atoms with Gasteiger partial charge in [-0.1, -0.05) is 43.3 Å². The van der Waals surface area contributed by atoms with Gasteiger partial charge in [-0.3, -0.25) is 4.79 Å². The third kappa shape index (κ3) is 1.95. The summed E-state index contributed by atoms with van der Waals surface area (Å²) >= 11 is 0. The molecule has 0 saturated carbocycles. The molecule has 1 N–H and O–H groups in total. The maximum atomic E-state index is 11.5. The molecule has 94 valence electrons. The Kier molecular flexibility index (Phi) is 2.92. The number of carbonyl (C=O) groups is 1. The van der Waals surface area contributed by atoms with Crippen molar-refractivity contribution in [3.8, 4) is 11.3 Å². The van der Waals surface area contributed by atoms with Crippen LogP contribution in [-0.4, -0.2) is 11.3 Å². The number of nitrogens with one attached hydrogen (secondary N) is 1. The van der Waals surface area contributed by atoms with E-state index in [-0.39, 0.29) is 0 Å². The molecule has 0 amide bonds. The minimum atomic E-state index is 0.747. The second-order valence-electron chi connectivity index (χ2n) is 4.63. The lowest BCUT2D eigenvalue weighted by Gasteiger charge is -1.98. The Morgan fingerprint density at radius 2 is 1.89 bits per heavy atom. The summed E-state index contributed by atoms with van der Waals surface area (Å²) < 4.78 is 0.